The Hall–Kier alpha value is -4.68. The Morgan fingerprint density at radius 3 is 1.25 bits per heavy atom. The summed E-state index contributed by atoms with van der Waals surface area (Å²) in [4.78, 5) is 22.9. The van der Waals surface area contributed by atoms with Crippen molar-refractivity contribution in [3.8, 4) is 11.5 Å². The van der Waals surface area contributed by atoms with Crippen molar-refractivity contribution in [3.05, 3.63) is 107 Å². The van der Waals surface area contributed by atoms with E-state index >= 15 is 0 Å². The highest BCUT2D eigenvalue weighted by Crippen LogP contribution is 2.32. The molecule has 356 valence electrons. The minimum atomic E-state index is -3.89. The average molecular weight is 996 g/mol. The first-order valence-corrected chi connectivity index (χ1v) is 24.0. The predicted molar refractivity (Wildman–Crippen MR) is 257 cm³/mol. The molecule has 64 heavy (non-hydrogen) atoms. The van der Waals surface area contributed by atoms with Crippen LogP contribution >= 0.6 is 15.9 Å². The van der Waals surface area contributed by atoms with Crippen molar-refractivity contribution in [2.45, 2.75) is 97.7 Å². The number of ether oxygens (including phenoxy) is 5. The number of anilines is 2. The van der Waals surface area contributed by atoms with E-state index in [4.69, 9.17) is 23.7 Å². The summed E-state index contributed by atoms with van der Waals surface area (Å²) < 4.78 is 82.0. The number of carbonyl (C=O) groups excluding carboxylic acids is 2. The quantitative estimate of drug-likeness (QED) is 0.0643. The second-order valence-corrected chi connectivity index (χ2v) is 20.2. The number of carbonyl (C=O) groups is 2. The fourth-order valence-electron chi connectivity index (χ4n) is 6.19. The lowest BCUT2D eigenvalue weighted by Gasteiger charge is -2.26. The number of benzene rings is 4. The Morgan fingerprint density at radius 2 is 0.953 bits per heavy atom. The third-order valence-electron chi connectivity index (χ3n) is 8.43. The number of aliphatic hydroxyl groups excluding tert-OH is 1. The molecule has 0 saturated heterocycles. The molecule has 17 heteroatoms. The lowest BCUT2D eigenvalue weighted by Crippen LogP contribution is -2.35. The van der Waals surface area contributed by atoms with Crippen LogP contribution in [0.3, 0.4) is 0 Å². The van der Waals surface area contributed by atoms with E-state index in [-0.39, 0.29) is 67.0 Å². The van der Waals surface area contributed by atoms with Gasteiger partial charge in [-0.2, -0.15) is 0 Å². The van der Waals surface area contributed by atoms with Crippen LogP contribution in [0, 0.1) is 27.7 Å². The van der Waals surface area contributed by atoms with Gasteiger partial charge in [0, 0.05) is 0 Å². The number of esters is 2. The van der Waals surface area contributed by atoms with Crippen LogP contribution in [0.15, 0.2) is 94.7 Å². The molecule has 0 spiro atoms. The van der Waals surface area contributed by atoms with Gasteiger partial charge in [-0.25, -0.2) is 21.6 Å². The molecule has 0 amide bonds. The summed E-state index contributed by atoms with van der Waals surface area (Å²) in [5.41, 5.74) is 2.48. The van der Waals surface area contributed by atoms with E-state index in [1.165, 1.54) is 8.61 Å². The van der Waals surface area contributed by atoms with Gasteiger partial charge in [-0.05, 0) is 140 Å². The van der Waals surface area contributed by atoms with Gasteiger partial charge < -0.3 is 28.8 Å². The standard InChI is InChI=1S/C23H31NO6S.C17H21NO4S.C6H11BrO2.CH4/c1-17-14-20(28-6)15-18(2)22(17)31(26,27)24(19-10-8-7-9-11-19)12-13-29-16-21(25)30-23(3,4)5;1-13-11-16(22-3)12-14(2)17(13)23(20,21)18(9-10-19)15-7-5-4-6-8-15;1-6(2,3)9-5(8)4-7;/h7-11,14-15H,12-13,16H2,1-6H3;4-8,11-12,19H,9-10H2,1-3H3;4H2,1-3H3;1H4. The van der Waals surface area contributed by atoms with Crippen LogP contribution in [0.1, 0.15) is 71.2 Å². The molecule has 0 aromatic heterocycles. The van der Waals surface area contributed by atoms with Gasteiger partial charge in [0.1, 0.15) is 34.6 Å². The summed E-state index contributed by atoms with van der Waals surface area (Å²) in [6.07, 6.45) is 0. The zero-order chi connectivity index (χ0) is 47.8. The normalized spacial score (nSPS) is 11.3. The highest BCUT2D eigenvalue weighted by atomic mass is 79.9. The number of rotatable bonds is 16. The molecule has 1 N–H and O–H groups in total. The number of sulfonamides is 2. The van der Waals surface area contributed by atoms with Gasteiger partial charge in [0.15, 0.2) is 0 Å². The first-order valence-electron chi connectivity index (χ1n) is 20.0. The molecule has 0 fully saturated rings. The van der Waals surface area contributed by atoms with Gasteiger partial charge in [-0.3, -0.25) is 13.4 Å². The van der Waals surface area contributed by atoms with E-state index in [0.29, 0.717) is 45.1 Å². The largest absolute Gasteiger partial charge is 0.497 e. The first kappa shape index (κ1) is 57.3. The molecule has 0 aliphatic heterocycles. The minimum absolute atomic E-state index is 0. The molecule has 0 aliphatic carbocycles. The fourth-order valence-corrected chi connectivity index (χ4v) is 10.0. The van der Waals surface area contributed by atoms with Crippen LogP contribution in [-0.4, -0.2) is 97.5 Å². The van der Waals surface area contributed by atoms with Crippen LogP contribution in [0.4, 0.5) is 11.4 Å². The summed E-state index contributed by atoms with van der Waals surface area (Å²) in [6, 6.07) is 24.4. The molecular weight excluding hydrogens is 929 g/mol. The number of nitrogens with zero attached hydrogens (tertiary/aromatic N) is 2. The Labute approximate surface area is 390 Å². The zero-order valence-corrected chi connectivity index (χ0v) is 41.6. The molecule has 0 saturated carbocycles. The van der Waals surface area contributed by atoms with Crippen molar-refractivity contribution < 1.29 is 55.2 Å². The van der Waals surface area contributed by atoms with E-state index in [9.17, 15) is 31.5 Å². The maximum atomic E-state index is 13.6. The first-order chi connectivity index (χ1) is 29.3. The number of methoxy groups -OCH3 is 2. The Morgan fingerprint density at radius 1 is 0.609 bits per heavy atom. The number of para-hydroxylation sites is 2. The second-order valence-electron chi connectivity index (χ2n) is 16.1. The topological polar surface area (TPSA) is 175 Å². The molecule has 4 aromatic rings. The molecule has 0 heterocycles. The molecular formula is C47H67BrN2O12S2. The van der Waals surface area contributed by atoms with Crippen LogP contribution < -0.4 is 18.1 Å². The van der Waals surface area contributed by atoms with Crippen LogP contribution in [-0.2, 0) is 43.8 Å². The third-order valence-corrected chi connectivity index (χ3v) is 13.2. The summed E-state index contributed by atoms with van der Waals surface area (Å²) in [7, 11) is -4.58. The molecule has 0 radical (unpaired) electrons. The van der Waals surface area contributed by atoms with E-state index in [1.807, 2.05) is 32.9 Å². The second kappa shape index (κ2) is 25.7. The van der Waals surface area contributed by atoms with Crippen LogP contribution in [0.2, 0.25) is 0 Å². The Bertz CT molecular complexity index is 2270. The molecule has 0 bridgehead atoms. The lowest BCUT2D eigenvalue weighted by molar-refractivity contribution is -0.160. The van der Waals surface area contributed by atoms with Gasteiger partial charge in [0.25, 0.3) is 20.0 Å². The van der Waals surface area contributed by atoms with Crippen LogP contribution in [0.5, 0.6) is 11.5 Å². The SMILES string of the molecule is C.CC(C)(C)OC(=O)CBr.COc1cc(C)c(S(=O)(=O)N(CCO)c2ccccc2)c(C)c1.COc1cc(C)c(S(=O)(=O)N(CCOCC(=O)OC(C)(C)C)c2ccccc2)c(C)c1. The van der Waals surface area contributed by atoms with Gasteiger partial charge in [0.2, 0.25) is 0 Å². The zero-order valence-electron chi connectivity index (χ0n) is 38.4. The van der Waals surface area contributed by atoms with E-state index in [2.05, 4.69) is 15.9 Å². The van der Waals surface area contributed by atoms with Crippen molar-refractivity contribution in [1.82, 2.24) is 0 Å². The van der Waals surface area contributed by atoms with Crippen molar-refractivity contribution >= 4 is 59.3 Å². The van der Waals surface area contributed by atoms with Crippen molar-refractivity contribution in [2.24, 2.45) is 0 Å². The smallest absolute Gasteiger partial charge is 0.332 e. The fraction of sp³-hybridized carbons (Fsp3) is 0.447. The van der Waals surface area contributed by atoms with Crippen molar-refractivity contribution in [3.63, 3.8) is 0 Å². The predicted octanol–water partition coefficient (Wildman–Crippen LogP) is 8.72. The van der Waals surface area contributed by atoms with Gasteiger partial charge in [-0.1, -0.05) is 59.8 Å². The molecule has 14 nitrogen and oxygen atoms in total. The maximum Gasteiger partial charge on any atom is 0.332 e. The number of hydrogen-bond donors (Lipinski definition) is 1. The minimum Gasteiger partial charge on any atom is -0.497 e. The Balaban J connectivity index is 0.000000544. The molecule has 0 atom stereocenters. The number of halogens is 1. The van der Waals surface area contributed by atoms with E-state index < -0.39 is 31.6 Å². The number of aryl methyl sites for hydroxylation is 4. The van der Waals surface area contributed by atoms with Crippen LogP contribution in [0.25, 0.3) is 0 Å². The molecule has 0 aliphatic rings. The van der Waals surface area contributed by atoms with Gasteiger partial charge in [-0.15, -0.1) is 0 Å². The monoisotopic (exact) mass is 994 g/mol. The van der Waals surface area contributed by atoms with Crippen molar-refractivity contribution in [2.75, 3.05) is 61.1 Å². The summed E-state index contributed by atoms with van der Waals surface area (Å²) >= 11 is 2.99. The van der Waals surface area contributed by atoms with E-state index in [0.717, 1.165) is 0 Å². The maximum absolute atomic E-state index is 13.6. The summed E-state index contributed by atoms with van der Waals surface area (Å²) in [5, 5.41) is 9.57. The van der Waals surface area contributed by atoms with Gasteiger partial charge in [0.05, 0.1) is 61.7 Å². The lowest BCUT2D eigenvalue weighted by atomic mass is 10.1. The molecule has 4 aromatic carbocycles. The number of aliphatic hydroxyl groups is 1. The molecule has 4 rings (SSSR count). The Kier molecular flexibility index (Phi) is 23.0. The van der Waals surface area contributed by atoms with Crippen molar-refractivity contribution in [1.29, 1.82) is 0 Å². The number of alkyl halides is 1. The van der Waals surface area contributed by atoms with Gasteiger partial charge >= 0.3 is 11.9 Å². The molecule has 0 unspecified atom stereocenters. The summed E-state index contributed by atoms with van der Waals surface area (Å²) in [6.45, 7) is 17.4. The third kappa shape index (κ3) is 17.7. The highest BCUT2D eigenvalue weighted by Gasteiger charge is 2.30. The summed E-state index contributed by atoms with van der Waals surface area (Å²) in [5.74, 6) is 0.499. The van der Waals surface area contributed by atoms with E-state index in [1.54, 1.807) is 135 Å². The number of hydrogen-bond acceptors (Lipinski definition) is 12. The highest BCUT2D eigenvalue weighted by molar-refractivity contribution is 9.09. The average Bonchev–Trinajstić information content (AvgIpc) is 3.18.